The Hall–Kier alpha value is -3.45. The molecule has 2 aromatic carbocycles. The van der Waals surface area contributed by atoms with Gasteiger partial charge in [0.1, 0.15) is 0 Å². The zero-order chi connectivity index (χ0) is 21.6. The second kappa shape index (κ2) is 9.57. The summed E-state index contributed by atoms with van der Waals surface area (Å²) in [6.45, 7) is 4.65. The van der Waals surface area contributed by atoms with Gasteiger partial charge in [0.25, 0.3) is 0 Å². The molecule has 156 valence electrons. The normalized spacial score (nSPS) is 10.8. The van der Waals surface area contributed by atoms with Gasteiger partial charge in [-0.1, -0.05) is 54.2 Å². The van der Waals surface area contributed by atoms with E-state index in [0.717, 1.165) is 33.8 Å². The third-order valence-electron chi connectivity index (χ3n) is 5.03. The van der Waals surface area contributed by atoms with E-state index in [1.807, 2.05) is 66.9 Å². The summed E-state index contributed by atoms with van der Waals surface area (Å²) in [6.07, 6.45) is 3.50. The summed E-state index contributed by atoms with van der Waals surface area (Å²) >= 11 is 1.38. The van der Waals surface area contributed by atoms with Crippen LogP contribution in [0, 0.1) is 13.8 Å². The minimum atomic E-state index is -0.0733. The summed E-state index contributed by atoms with van der Waals surface area (Å²) in [4.78, 5) is 16.8. The van der Waals surface area contributed by atoms with Gasteiger partial charge in [-0.25, -0.2) is 0 Å². The summed E-state index contributed by atoms with van der Waals surface area (Å²) in [5, 5.41) is 12.5. The Morgan fingerprint density at radius 3 is 2.61 bits per heavy atom. The zero-order valence-electron chi connectivity index (χ0n) is 17.4. The van der Waals surface area contributed by atoms with Gasteiger partial charge in [-0.15, -0.1) is 10.2 Å². The summed E-state index contributed by atoms with van der Waals surface area (Å²) in [5.41, 5.74) is 5.08. The number of pyridine rings is 1. The first-order chi connectivity index (χ1) is 15.1. The molecule has 0 saturated heterocycles. The highest BCUT2D eigenvalue weighted by molar-refractivity contribution is 7.99. The van der Waals surface area contributed by atoms with Crippen LogP contribution in [0.4, 0.5) is 5.69 Å². The first-order valence-electron chi connectivity index (χ1n) is 9.98. The van der Waals surface area contributed by atoms with E-state index in [1.54, 1.807) is 12.4 Å². The molecule has 2 heterocycles. The lowest BCUT2D eigenvalue weighted by Crippen LogP contribution is -2.15. The Morgan fingerprint density at radius 1 is 1.00 bits per heavy atom. The Morgan fingerprint density at radius 2 is 1.84 bits per heavy atom. The predicted octanol–water partition coefficient (Wildman–Crippen LogP) is 4.74. The average Bonchev–Trinajstić information content (AvgIpc) is 3.19. The molecule has 0 aliphatic heterocycles. The smallest absolute Gasteiger partial charge is 0.234 e. The van der Waals surface area contributed by atoms with Gasteiger partial charge < -0.3 is 5.32 Å². The summed E-state index contributed by atoms with van der Waals surface area (Å²) < 4.78 is 2.03. The fraction of sp³-hybridized carbons (Fsp3) is 0.167. The molecule has 7 heteroatoms. The molecule has 31 heavy (non-hydrogen) atoms. The molecule has 0 saturated carbocycles. The third-order valence-corrected chi connectivity index (χ3v) is 6.00. The van der Waals surface area contributed by atoms with E-state index in [-0.39, 0.29) is 11.7 Å². The SMILES string of the molecule is Cc1cccc(NC(=O)CSc2nnc(-c3cccnc3)n2Cc2ccccc2)c1C. The maximum absolute atomic E-state index is 12.6. The molecule has 6 nitrogen and oxygen atoms in total. The van der Waals surface area contributed by atoms with Crippen molar-refractivity contribution in [3.05, 3.63) is 89.7 Å². The molecule has 0 atom stereocenters. The van der Waals surface area contributed by atoms with E-state index in [0.29, 0.717) is 11.7 Å². The molecule has 1 amide bonds. The lowest BCUT2D eigenvalue weighted by molar-refractivity contribution is -0.113. The number of rotatable bonds is 7. The standard InChI is InChI=1S/C24H23N5OS/c1-17-8-6-12-21(18(17)2)26-22(30)16-31-24-28-27-23(20-11-7-13-25-14-20)29(24)15-19-9-4-3-5-10-19/h3-14H,15-16H2,1-2H3,(H,26,30). The monoisotopic (exact) mass is 429 g/mol. The van der Waals surface area contributed by atoms with Crippen LogP contribution in [-0.4, -0.2) is 31.4 Å². The van der Waals surface area contributed by atoms with Crippen LogP contribution in [0.1, 0.15) is 16.7 Å². The predicted molar refractivity (Wildman–Crippen MR) is 124 cm³/mol. The number of anilines is 1. The molecule has 0 unspecified atom stereocenters. The number of carbonyl (C=O) groups is 1. The molecule has 0 spiro atoms. The number of carbonyl (C=O) groups excluding carboxylic acids is 1. The van der Waals surface area contributed by atoms with Crippen molar-refractivity contribution in [2.75, 3.05) is 11.1 Å². The molecule has 1 N–H and O–H groups in total. The topological polar surface area (TPSA) is 72.7 Å². The number of nitrogens with zero attached hydrogens (tertiary/aromatic N) is 4. The van der Waals surface area contributed by atoms with Crippen molar-refractivity contribution in [2.24, 2.45) is 0 Å². The Labute approximate surface area is 185 Å². The fourth-order valence-electron chi connectivity index (χ4n) is 3.22. The van der Waals surface area contributed by atoms with Gasteiger partial charge in [0.15, 0.2) is 11.0 Å². The molecule has 4 rings (SSSR count). The minimum absolute atomic E-state index is 0.0733. The van der Waals surface area contributed by atoms with Crippen LogP contribution >= 0.6 is 11.8 Å². The lowest BCUT2D eigenvalue weighted by atomic mass is 10.1. The molecule has 0 fully saturated rings. The molecule has 0 aliphatic rings. The average molecular weight is 430 g/mol. The van der Waals surface area contributed by atoms with Gasteiger partial charge in [0, 0.05) is 23.6 Å². The van der Waals surface area contributed by atoms with Gasteiger partial charge in [0.05, 0.1) is 12.3 Å². The van der Waals surface area contributed by atoms with Crippen molar-refractivity contribution in [1.29, 1.82) is 0 Å². The number of hydrogen-bond acceptors (Lipinski definition) is 5. The highest BCUT2D eigenvalue weighted by Gasteiger charge is 2.16. The van der Waals surface area contributed by atoms with Crippen molar-refractivity contribution in [2.45, 2.75) is 25.5 Å². The van der Waals surface area contributed by atoms with E-state index >= 15 is 0 Å². The molecule has 0 bridgehead atoms. The summed E-state index contributed by atoms with van der Waals surface area (Å²) in [7, 11) is 0. The molecular formula is C24H23N5OS. The van der Waals surface area contributed by atoms with Crippen LogP contribution in [0.15, 0.2) is 78.2 Å². The first kappa shape index (κ1) is 20.8. The number of aromatic nitrogens is 4. The second-order valence-corrected chi connectivity index (χ2v) is 8.15. The van der Waals surface area contributed by atoms with Crippen LogP contribution in [-0.2, 0) is 11.3 Å². The van der Waals surface area contributed by atoms with Gasteiger partial charge >= 0.3 is 0 Å². The highest BCUT2D eigenvalue weighted by atomic mass is 32.2. The second-order valence-electron chi connectivity index (χ2n) is 7.20. The molecule has 0 radical (unpaired) electrons. The van der Waals surface area contributed by atoms with Crippen molar-refractivity contribution in [1.82, 2.24) is 19.7 Å². The van der Waals surface area contributed by atoms with Crippen molar-refractivity contribution in [3.8, 4) is 11.4 Å². The van der Waals surface area contributed by atoms with E-state index in [1.165, 1.54) is 11.8 Å². The van der Waals surface area contributed by atoms with Gasteiger partial charge in [-0.3, -0.25) is 14.3 Å². The number of aryl methyl sites for hydroxylation is 1. The van der Waals surface area contributed by atoms with E-state index in [9.17, 15) is 4.79 Å². The van der Waals surface area contributed by atoms with Crippen molar-refractivity contribution in [3.63, 3.8) is 0 Å². The summed E-state index contributed by atoms with van der Waals surface area (Å²) in [6, 6.07) is 19.9. The number of nitrogens with one attached hydrogen (secondary N) is 1. The van der Waals surface area contributed by atoms with Crippen LogP contribution in [0.3, 0.4) is 0 Å². The molecule has 4 aromatic rings. The fourth-order valence-corrected chi connectivity index (χ4v) is 3.95. The van der Waals surface area contributed by atoms with Crippen molar-refractivity contribution < 1.29 is 4.79 Å². The Bertz CT molecular complexity index is 1180. The van der Waals surface area contributed by atoms with Gasteiger partial charge in [-0.05, 0) is 48.7 Å². The Balaban J connectivity index is 1.54. The van der Waals surface area contributed by atoms with E-state index in [4.69, 9.17) is 0 Å². The van der Waals surface area contributed by atoms with E-state index < -0.39 is 0 Å². The maximum atomic E-state index is 12.6. The van der Waals surface area contributed by atoms with Gasteiger partial charge in [-0.2, -0.15) is 0 Å². The number of amides is 1. The lowest BCUT2D eigenvalue weighted by Gasteiger charge is -2.12. The number of hydrogen-bond donors (Lipinski definition) is 1. The number of thioether (sulfide) groups is 1. The molecular weight excluding hydrogens is 406 g/mol. The maximum Gasteiger partial charge on any atom is 0.234 e. The summed E-state index contributed by atoms with van der Waals surface area (Å²) in [5.74, 6) is 0.901. The largest absolute Gasteiger partial charge is 0.325 e. The van der Waals surface area contributed by atoms with Crippen molar-refractivity contribution >= 4 is 23.4 Å². The van der Waals surface area contributed by atoms with Crippen LogP contribution in [0.2, 0.25) is 0 Å². The molecule has 0 aliphatic carbocycles. The quantitative estimate of drug-likeness (QED) is 0.430. The third kappa shape index (κ3) is 5.00. The van der Waals surface area contributed by atoms with Crippen LogP contribution < -0.4 is 5.32 Å². The van der Waals surface area contributed by atoms with E-state index in [2.05, 4.69) is 32.6 Å². The zero-order valence-corrected chi connectivity index (χ0v) is 18.3. The van der Waals surface area contributed by atoms with Crippen LogP contribution in [0.5, 0.6) is 0 Å². The highest BCUT2D eigenvalue weighted by Crippen LogP contribution is 2.25. The minimum Gasteiger partial charge on any atom is -0.325 e. The Kier molecular flexibility index (Phi) is 6.43. The van der Waals surface area contributed by atoms with Gasteiger partial charge in [0.2, 0.25) is 5.91 Å². The number of benzene rings is 2. The molecule has 2 aromatic heterocycles. The van der Waals surface area contributed by atoms with Crippen LogP contribution in [0.25, 0.3) is 11.4 Å². The first-order valence-corrected chi connectivity index (χ1v) is 11.0.